The highest BCUT2D eigenvalue weighted by molar-refractivity contribution is 7.87. The van der Waals surface area contributed by atoms with Gasteiger partial charge in [0.25, 0.3) is 20.2 Å². The Balaban J connectivity index is 1.70. The number of halogens is 1. The molecule has 204 valence electrons. The van der Waals surface area contributed by atoms with Gasteiger partial charge < -0.3 is 4.74 Å². The molecule has 0 bridgehead atoms. The Hall–Kier alpha value is -2.43. The third kappa shape index (κ3) is 5.77. The normalized spacial score (nSPS) is 19.1. The van der Waals surface area contributed by atoms with Crippen molar-refractivity contribution < 1.29 is 29.9 Å². The van der Waals surface area contributed by atoms with Crippen LogP contribution in [0.25, 0.3) is 0 Å². The van der Waals surface area contributed by atoms with Crippen LogP contribution in [0.3, 0.4) is 0 Å². The number of methoxy groups -OCH3 is 1. The summed E-state index contributed by atoms with van der Waals surface area (Å²) >= 11 is 6.55. The van der Waals surface area contributed by atoms with Gasteiger partial charge in [-0.15, -0.1) is 0 Å². The van der Waals surface area contributed by atoms with E-state index in [1.54, 1.807) is 50.2 Å². The van der Waals surface area contributed by atoms with Crippen LogP contribution in [0, 0.1) is 19.8 Å². The molecule has 0 aliphatic heterocycles. The monoisotopic (exact) mass is 578 g/mol. The van der Waals surface area contributed by atoms with Crippen LogP contribution in [0.1, 0.15) is 42.0 Å². The standard InChI is InChI=1S/C28H31ClO7S2/c1-17-6-10-21(11-7-17)37(30,31)35-19(3)23-16-24-25(29)14-15-26(34-5)28(24)27(23)20(4)36-38(32,33)22-12-8-18(2)9-13-22/h6-15,19-20,23,27H,16H2,1-5H3. The fourth-order valence-electron chi connectivity index (χ4n) is 5.04. The molecule has 1 aliphatic carbocycles. The molecule has 0 radical (unpaired) electrons. The van der Waals surface area contributed by atoms with Crippen molar-refractivity contribution in [2.24, 2.45) is 5.92 Å². The predicted molar refractivity (Wildman–Crippen MR) is 146 cm³/mol. The van der Waals surface area contributed by atoms with Gasteiger partial charge in [0.1, 0.15) is 5.75 Å². The molecule has 0 N–H and O–H groups in total. The van der Waals surface area contributed by atoms with Gasteiger partial charge in [-0.2, -0.15) is 16.8 Å². The van der Waals surface area contributed by atoms with Crippen molar-refractivity contribution in [1.29, 1.82) is 0 Å². The molecule has 0 spiro atoms. The van der Waals surface area contributed by atoms with Crippen molar-refractivity contribution in [2.75, 3.05) is 7.11 Å². The summed E-state index contributed by atoms with van der Waals surface area (Å²) in [6.07, 6.45) is -1.35. The molecular weight excluding hydrogens is 548 g/mol. The number of aryl methyl sites for hydroxylation is 2. The highest BCUT2D eigenvalue weighted by Gasteiger charge is 2.45. The third-order valence-corrected chi connectivity index (χ3v) is 10.2. The van der Waals surface area contributed by atoms with Gasteiger partial charge in [-0.3, -0.25) is 8.37 Å². The van der Waals surface area contributed by atoms with Crippen LogP contribution in [0.2, 0.25) is 5.02 Å². The highest BCUT2D eigenvalue weighted by atomic mass is 35.5. The first-order valence-corrected chi connectivity index (χ1v) is 15.4. The summed E-state index contributed by atoms with van der Waals surface area (Å²) in [5.41, 5.74) is 3.29. The molecule has 0 heterocycles. The first kappa shape index (κ1) is 28.6. The summed E-state index contributed by atoms with van der Waals surface area (Å²) in [5.74, 6) is -0.530. The molecule has 0 saturated heterocycles. The zero-order valence-electron chi connectivity index (χ0n) is 21.8. The Morgan fingerprint density at radius 1 is 0.763 bits per heavy atom. The second-order valence-electron chi connectivity index (χ2n) is 9.67. The van der Waals surface area contributed by atoms with Gasteiger partial charge in [0.2, 0.25) is 0 Å². The number of hydrogen-bond acceptors (Lipinski definition) is 7. The molecule has 3 aromatic carbocycles. The third-order valence-electron chi connectivity index (χ3n) is 7.00. The van der Waals surface area contributed by atoms with Crippen molar-refractivity contribution in [3.05, 3.63) is 87.9 Å². The van der Waals surface area contributed by atoms with Crippen molar-refractivity contribution in [3.63, 3.8) is 0 Å². The summed E-state index contributed by atoms with van der Waals surface area (Å²) in [4.78, 5) is 0.0814. The van der Waals surface area contributed by atoms with Gasteiger partial charge in [-0.1, -0.05) is 47.0 Å². The maximum absolute atomic E-state index is 13.2. The molecule has 0 amide bonds. The SMILES string of the molecule is COc1ccc(Cl)c2c1C(C(C)OS(=O)(=O)c1ccc(C)cc1)C(C(C)OS(=O)(=O)c1ccc(C)cc1)C2. The summed E-state index contributed by atoms with van der Waals surface area (Å²) in [6.45, 7) is 7.04. The van der Waals surface area contributed by atoms with Crippen LogP contribution >= 0.6 is 11.6 Å². The molecule has 4 unspecified atom stereocenters. The Morgan fingerprint density at radius 2 is 1.24 bits per heavy atom. The van der Waals surface area contributed by atoms with E-state index in [1.807, 2.05) is 13.8 Å². The molecule has 3 aromatic rings. The zero-order chi connectivity index (χ0) is 27.8. The number of benzene rings is 3. The molecule has 0 saturated carbocycles. The zero-order valence-corrected chi connectivity index (χ0v) is 24.2. The lowest BCUT2D eigenvalue weighted by Crippen LogP contribution is -2.34. The Morgan fingerprint density at radius 3 is 1.71 bits per heavy atom. The van der Waals surface area contributed by atoms with Crippen LogP contribution in [0.4, 0.5) is 0 Å². The van der Waals surface area contributed by atoms with Crippen molar-refractivity contribution >= 4 is 31.8 Å². The van der Waals surface area contributed by atoms with E-state index in [1.165, 1.54) is 31.4 Å². The van der Waals surface area contributed by atoms with Crippen LogP contribution in [0.5, 0.6) is 5.75 Å². The Labute approximate surface area is 230 Å². The van der Waals surface area contributed by atoms with Crippen LogP contribution in [0.15, 0.2) is 70.5 Å². The fourth-order valence-corrected chi connectivity index (χ4v) is 7.50. The molecule has 1 aliphatic rings. The summed E-state index contributed by atoms with van der Waals surface area (Å²) in [6, 6.07) is 16.2. The van der Waals surface area contributed by atoms with E-state index in [9.17, 15) is 16.8 Å². The smallest absolute Gasteiger partial charge is 0.297 e. The topological polar surface area (TPSA) is 96.0 Å². The molecule has 7 nitrogen and oxygen atoms in total. The minimum atomic E-state index is -4.11. The van der Waals surface area contributed by atoms with E-state index in [0.29, 0.717) is 22.8 Å². The molecule has 38 heavy (non-hydrogen) atoms. The van der Waals surface area contributed by atoms with Gasteiger partial charge in [-0.05, 0) is 82.0 Å². The second kappa shape index (κ2) is 11.0. The Kier molecular flexibility index (Phi) is 8.26. The highest BCUT2D eigenvalue weighted by Crippen LogP contribution is 2.50. The van der Waals surface area contributed by atoms with Crippen molar-refractivity contribution in [1.82, 2.24) is 0 Å². The van der Waals surface area contributed by atoms with Gasteiger partial charge in [0, 0.05) is 16.5 Å². The van der Waals surface area contributed by atoms with E-state index in [0.717, 1.165) is 16.7 Å². The average Bonchev–Trinajstić information content (AvgIpc) is 3.26. The van der Waals surface area contributed by atoms with Gasteiger partial charge in [0.15, 0.2) is 0 Å². The van der Waals surface area contributed by atoms with E-state index in [4.69, 9.17) is 24.7 Å². The maximum atomic E-state index is 13.2. The Bertz CT molecular complexity index is 1520. The fraction of sp³-hybridized carbons (Fsp3) is 0.357. The van der Waals surface area contributed by atoms with Crippen LogP contribution < -0.4 is 4.74 Å². The largest absolute Gasteiger partial charge is 0.496 e. The number of fused-ring (bicyclic) bond motifs is 1. The van der Waals surface area contributed by atoms with E-state index < -0.39 is 44.3 Å². The molecule has 10 heteroatoms. The first-order valence-electron chi connectivity index (χ1n) is 12.2. The molecule has 4 atom stereocenters. The minimum absolute atomic E-state index is 0.0361. The second-order valence-corrected chi connectivity index (χ2v) is 13.2. The molecule has 0 aromatic heterocycles. The molecule has 4 rings (SSSR count). The lowest BCUT2D eigenvalue weighted by Gasteiger charge is -2.30. The maximum Gasteiger partial charge on any atom is 0.297 e. The summed E-state index contributed by atoms with van der Waals surface area (Å²) in [7, 11) is -6.67. The van der Waals surface area contributed by atoms with Gasteiger partial charge in [-0.25, -0.2) is 0 Å². The number of rotatable bonds is 9. The average molecular weight is 579 g/mol. The predicted octanol–water partition coefficient (Wildman–Crippen LogP) is 5.81. The van der Waals surface area contributed by atoms with E-state index in [-0.39, 0.29) is 9.79 Å². The van der Waals surface area contributed by atoms with Gasteiger partial charge in [0.05, 0.1) is 29.1 Å². The van der Waals surface area contributed by atoms with Crippen molar-refractivity contribution in [3.8, 4) is 5.75 Å². The number of hydrogen-bond donors (Lipinski definition) is 0. The first-order chi connectivity index (χ1) is 17.8. The lowest BCUT2D eigenvalue weighted by atomic mass is 9.85. The number of ether oxygens (including phenoxy) is 1. The lowest BCUT2D eigenvalue weighted by molar-refractivity contribution is 0.0963. The summed E-state index contributed by atoms with van der Waals surface area (Å²) in [5, 5.41) is 0.482. The van der Waals surface area contributed by atoms with Gasteiger partial charge >= 0.3 is 0 Å². The summed E-state index contributed by atoms with van der Waals surface area (Å²) < 4.78 is 69.5. The molecular formula is C28H31ClO7S2. The van der Waals surface area contributed by atoms with E-state index in [2.05, 4.69) is 0 Å². The van der Waals surface area contributed by atoms with Crippen LogP contribution in [-0.2, 0) is 35.0 Å². The molecule has 0 fully saturated rings. The quantitative estimate of drug-likeness (QED) is 0.296. The van der Waals surface area contributed by atoms with Crippen molar-refractivity contribution in [2.45, 2.75) is 62.0 Å². The minimum Gasteiger partial charge on any atom is -0.496 e. The van der Waals surface area contributed by atoms with E-state index >= 15 is 0 Å². The van der Waals surface area contributed by atoms with Crippen LogP contribution in [-0.4, -0.2) is 36.2 Å².